The molecule has 1 heterocycles. The van der Waals surface area contributed by atoms with E-state index in [1.807, 2.05) is 0 Å². The van der Waals surface area contributed by atoms with Crippen molar-refractivity contribution in [1.29, 1.82) is 0 Å². The second-order valence-electron chi connectivity index (χ2n) is 3.30. The van der Waals surface area contributed by atoms with Gasteiger partial charge in [-0.3, -0.25) is 10.2 Å². The summed E-state index contributed by atoms with van der Waals surface area (Å²) in [6.45, 7) is 5.73. The minimum Gasteiger partial charge on any atom is -0.361 e. The first kappa shape index (κ1) is 14.1. The lowest BCUT2D eigenvalue weighted by atomic mass is 10.3. The molecule has 1 rings (SSSR count). The van der Waals surface area contributed by atoms with Crippen LogP contribution in [0.2, 0.25) is 0 Å². The molecule has 0 amide bonds. The Morgan fingerprint density at radius 3 is 3.00 bits per heavy atom. The minimum absolute atomic E-state index is 0. The van der Waals surface area contributed by atoms with Gasteiger partial charge in [0.25, 0.3) is 0 Å². The van der Waals surface area contributed by atoms with E-state index in [0.29, 0.717) is 13.2 Å². The van der Waals surface area contributed by atoms with Crippen LogP contribution >= 0.6 is 12.4 Å². The second-order valence-corrected chi connectivity index (χ2v) is 3.30. The Hall–Kier alpha value is 0.1000. The molecule has 0 bridgehead atoms. The lowest BCUT2D eigenvalue weighted by Gasteiger charge is -2.32. The highest BCUT2D eigenvalue weighted by Crippen LogP contribution is 2.02. The smallest absolute Gasteiger partial charge is 0.121 e. The molecule has 0 radical (unpaired) electrons. The van der Waals surface area contributed by atoms with Crippen molar-refractivity contribution in [2.75, 3.05) is 39.5 Å². The van der Waals surface area contributed by atoms with Crippen molar-refractivity contribution in [3.05, 3.63) is 0 Å². The summed E-state index contributed by atoms with van der Waals surface area (Å²) in [5.41, 5.74) is 0. The molecule has 1 fully saturated rings. The van der Waals surface area contributed by atoms with E-state index in [0.717, 1.165) is 26.1 Å². The fraction of sp³-hybridized carbons (Fsp3) is 1.00. The highest BCUT2D eigenvalue weighted by atomic mass is 35.5. The molecule has 0 aromatic heterocycles. The van der Waals surface area contributed by atoms with Gasteiger partial charge in [-0.1, -0.05) is 6.92 Å². The summed E-state index contributed by atoms with van der Waals surface area (Å²) in [6.07, 6.45) is 1.20. The lowest BCUT2D eigenvalue weighted by Crippen LogP contribution is -2.49. The fourth-order valence-electron chi connectivity index (χ4n) is 1.45. The largest absolute Gasteiger partial charge is 0.361 e. The summed E-state index contributed by atoms with van der Waals surface area (Å²) in [5, 5.41) is 3.27. The van der Waals surface area contributed by atoms with Gasteiger partial charge in [0.2, 0.25) is 0 Å². The van der Waals surface area contributed by atoms with Gasteiger partial charge in [0, 0.05) is 19.6 Å². The Bertz CT molecular complexity index is 138. The van der Waals surface area contributed by atoms with Crippen LogP contribution in [0.3, 0.4) is 0 Å². The minimum atomic E-state index is -0.263. The predicted octanol–water partition coefficient (Wildman–Crippen LogP) is 1.04. The third kappa shape index (κ3) is 5.10. The molecule has 86 valence electrons. The molecule has 3 nitrogen and oxygen atoms in total. The first-order valence-electron chi connectivity index (χ1n) is 5.00. The molecule has 1 atom stereocenters. The molecular formula is C9H20ClFN2O. The van der Waals surface area contributed by atoms with Gasteiger partial charge in [0.1, 0.15) is 12.9 Å². The molecule has 5 heteroatoms. The quantitative estimate of drug-likeness (QED) is 0.758. The van der Waals surface area contributed by atoms with Gasteiger partial charge >= 0.3 is 0 Å². The summed E-state index contributed by atoms with van der Waals surface area (Å²) in [6, 6.07) is 0. The molecule has 0 aromatic rings. The number of nitrogens with zero attached hydrogens (tertiary/aromatic N) is 1. The zero-order valence-corrected chi connectivity index (χ0v) is 9.49. The average Bonchev–Trinajstić information content (AvgIpc) is 2.16. The number of morpholine rings is 1. The van der Waals surface area contributed by atoms with E-state index >= 15 is 0 Å². The van der Waals surface area contributed by atoms with Gasteiger partial charge in [-0.15, -0.1) is 12.4 Å². The summed E-state index contributed by atoms with van der Waals surface area (Å²) in [4.78, 5) is 2.09. The van der Waals surface area contributed by atoms with Gasteiger partial charge in [0.05, 0.1) is 6.61 Å². The second kappa shape index (κ2) is 8.41. The molecular weight excluding hydrogens is 207 g/mol. The van der Waals surface area contributed by atoms with E-state index < -0.39 is 0 Å². The first-order chi connectivity index (χ1) is 6.36. The topological polar surface area (TPSA) is 24.5 Å². The first-order valence-corrected chi connectivity index (χ1v) is 5.00. The molecule has 1 unspecified atom stereocenters. The number of hydrogen-bond donors (Lipinski definition) is 1. The summed E-state index contributed by atoms with van der Waals surface area (Å²) < 4.78 is 17.5. The van der Waals surface area contributed by atoms with Crippen LogP contribution in [0, 0.1) is 0 Å². The van der Waals surface area contributed by atoms with E-state index in [1.165, 1.54) is 0 Å². The van der Waals surface area contributed by atoms with Crippen molar-refractivity contribution < 1.29 is 9.13 Å². The van der Waals surface area contributed by atoms with Crippen molar-refractivity contribution in [2.45, 2.75) is 19.6 Å². The predicted molar refractivity (Wildman–Crippen MR) is 57.7 cm³/mol. The molecule has 1 aliphatic rings. The van der Waals surface area contributed by atoms with Crippen LogP contribution in [-0.2, 0) is 4.74 Å². The number of ether oxygens (including phenoxy) is 1. The van der Waals surface area contributed by atoms with Gasteiger partial charge < -0.3 is 4.74 Å². The molecule has 0 saturated carbocycles. The van der Waals surface area contributed by atoms with Crippen LogP contribution in [0.4, 0.5) is 4.39 Å². The summed E-state index contributed by atoms with van der Waals surface area (Å²) in [5.74, 6) is 0. The van der Waals surface area contributed by atoms with Crippen molar-refractivity contribution in [2.24, 2.45) is 0 Å². The fourth-order valence-corrected chi connectivity index (χ4v) is 1.45. The van der Waals surface area contributed by atoms with Crippen molar-refractivity contribution in [3.63, 3.8) is 0 Å². The molecule has 0 spiro atoms. The molecule has 14 heavy (non-hydrogen) atoms. The molecule has 1 N–H and O–H groups in total. The number of hydrogen-bond acceptors (Lipinski definition) is 3. The van der Waals surface area contributed by atoms with E-state index in [2.05, 4.69) is 17.1 Å². The Balaban J connectivity index is 0.00000169. The zero-order chi connectivity index (χ0) is 9.52. The third-order valence-electron chi connectivity index (χ3n) is 2.17. The van der Waals surface area contributed by atoms with Gasteiger partial charge in [-0.25, -0.2) is 4.39 Å². The maximum atomic E-state index is 12.1. The Labute approximate surface area is 91.4 Å². The Kier molecular flexibility index (Phi) is 8.47. The van der Waals surface area contributed by atoms with Gasteiger partial charge in [-0.2, -0.15) is 0 Å². The van der Waals surface area contributed by atoms with E-state index in [-0.39, 0.29) is 25.3 Å². The summed E-state index contributed by atoms with van der Waals surface area (Å²) in [7, 11) is 0. The Morgan fingerprint density at radius 2 is 2.36 bits per heavy atom. The standard InChI is InChI=1S/C9H19FN2O.ClH/c1-2-4-11-9-8-12(5-3-10)6-7-13-9;/h9,11H,2-8H2,1H3;1H. The van der Waals surface area contributed by atoms with Crippen LogP contribution < -0.4 is 5.32 Å². The normalized spacial score (nSPS) is 23.1. The lowest BCUT2D eigenvalue weighted by molar-refractivity contribution is -0.0461. The zero-order valence-electron chi connectivity index (χ0n) is 8.67. The number of rotatable bonds is 5. The van der Waals surface area contributed by atoms with Crippen LogP contribution in [-0.4, -0.2) is 50.6 Å². The van der Waals surface area contributed by atoms with Gasteiger partial charge in [0.15, 0.2) is 0 Å². The number of nitrogens with one attached hydrogen (secondary N) is 1. The molecule has 1 saturated heterocycles. The molecule has 0 aromatic carbocycles. The van der Waals surface area contributed by atoms with Crippen molar-refractivity contribution in [3.8, 4) is 0 Å². The van der Waals surface area contributed by atoms with Crippen LogP contribution in [0.1, 0.15) is 13.3 Å². The Morgan fingerprint density at radius 1 is 1.57 bits per heavy atom. The van der Waals surface area contributed by atoms with Gasteiger partial charge in [-0.05, 0) is 13.0 Å². The van der Waals surface area contributed by atoms with Crippen LogP contribution in [0.5, 0.6) is 0 Å². The number of halogens is 2. The SMILES string of the molecule is CCCNC1CN(CCF)CCO1.Cl. The third-order valence-corrected chi connectivity index (χ3v) is 2.17. The molecule has 1 aliphatic heterocycles. The van der Waals surface area contributed by atoms with Crippen LogP contribution in [0.25, 0.3) is 0 Å². The average molecular weight is 227 g/mol. The maximum absolute atomic E-state index is 12.1. The highest BCUT2D eigenvalue weighted by molar-refractivity contribution is 5.85. The van der Waals surface area contributed by atoms with E-state index in [9.17, 15) is 4.39 Å². The van der Waals surface area contributed by atoms with Crippen molar-refractivity contribution in [1.82, 2.24) is 10.2 Å². The maximum Gasteiger partial charge on any atom is 0.121 e. The van der Waals surface area contributed by atoms with Crippen LogP contribution in [0.15, 0.2) is 0 Å². The summed E-state index contributed by atoms with van der Waals surface area (Å²) >= 11 is 0. The van der Waals surface area contributed by atoms with Crippen molar-refractivity contribution >= 4 is 12.4 Å². The molecule has 0 aliphatic carbocycles. The monoisotopic (exact) mass is 226 g/mol. The van der Waals surface area contributed by atoms with E-state index in [4.69, 9.17) is 4.74 Å². The highest BCUT2D eigenvalue weighted by Gasteiger charge is 2.18. The van der Waals surface area contributed by atoms with E-state index in [1.54, 1.807) is 0 Å². The number of alkyl halides is 1.